The Balaban J connectivity index is 1.42. The number of halogens is 1. The van der Waals surface area contributed by atoms with E-state index in [4.69, 9.17) is 4.74 Å². The number of ether oxygens (including phenoxy) is 1. The van der Waals surface area contributed by atoms with Crippen LogP contribution in [0.2, 0.25) is 0 Å². The average Bonchev–Trinajstić information content (AvgIpc) is 3.12. The van der Waals surface area contributed by atoms with Crippen LogP contribution in [0.1, 0.15) is 39.2 Å². The van der Waals surface area contributed by atoms with Crippen molar-refractivity contribution >= 4 is 17.8 Å². The minimum atomic E-state index is -0.180. The van der Waals surface area contributed by atoms with Gasteiger partial charge in [-0.15, -0.1) is 0 Å². The molecule has 4 nitrogen and oxygen atoms in total. The highest BCUT2D eigenvalue weighted by atomic mass is 32.2. The van der Waals surface area contributed by atoms with Crippen molar-refractivity contribution in [3.8, 4) is 5.75 Å². The second-order valence-corrected chi connectivity index (χ2v) is 9.87. The van der Waals surface area contributed by atoms with Crippen molar-refractivity contribution in [1.82, 2.24) is 9.62 Å². The zero-order valence-electron chi connectivity index (χ0n) is 18.1. The lowest BCUT2D eigenvalue weighted by Gasteiger charge is -2.47. The van der Waals surface area contributed by atoms with E-state index in [0.29, 0.717) is 12.0 Å². The van der Waals surface area contributed by atoms with E-state index in [-0.39, 0.29) is 11.4 Å². The van der Waals surface area contributed by atoms with E-state index in [0.717, 1.165) is 50.5 Å². The number of nitrogens with zero attached hydrogens (tertiary/aromatic N) is 2. The second-order valence-electron chi connectivity index (χ2n) is 9.04. The largest absolute Gasteiger partial charge is 0.493 e. The first kappa shape index (κ1) is 21.5. The van der Waals surface area contributed by atoms with Gasteiger partial charge in [-0.25, -0.2) is 9.11 Å². The van der Waals surface area contributed by atoms with Gasteiger partial charge in [0, 0.05) is 37.8 Å². The first-order valence-corrected chi connectivity index (χ1v) is 11.6. The van der Waals surface area contributed by atoms with E-state index in [2.05, 4.69) is 52.9 Å². The Morgan fingerprint density at radius 1 is 1.23 bits per heavy atom. The van der Waals surface area contributed by atoms with Crippen molar-refractivity contribution in [2.75, 3.05) is 24.0 Å². The smallest absolute Gasteiger partial charge is 0.125 e. The highest BCUT2D eigenvalue weighted by molar-refractivity contribution is 7.99. The summed E-state index contributed by atoms with van der Waals surface area (Å²) in [7, 11) is 0. The average molecular weight is 430 g/mol. The molecule has 0 unspecified atom stereocenters. The second kappa shape index (κ2) is 9.16. The van der Waals surface area contributed by atoms with Crippen LogP contribution in [0.25, 0.3) is 0 Å². The standard InChI is InChI=1S/C24H32FN3OS/c1-18(2)16-29-23-9-4-6-20(12-23)15-27-11-10-24(14-19(27)3)17-26-30-28(24)22-8-5-7-21(25)13-22/h4-9,12-13,18-19,26H,10-11,14-17H2,1-3H3/t19-,24+/m0/s1. The topological polar surface area (TPSA) is 27.7 Å². The lowest BCUT2D eigenvalue weighted by molar-refractivity contribution is 0.106. The molecule has 2 saturated heterocycles. The highest BCUT2D eigenvalue weighted by Crippen LogP contribution is 2.43. The number of hydrogen-bond donors (Lipinski definition) is 1. The van der Waals surface area contributed by atoms with E-state index >= 15 is 0 Å². The number of likely N-dealkylation sites (tertiary alicyclic amines) is 1. The van der Waals surface area contributed by atoms with Gasteiger partial charge in [0.25, 0.3) is 0 Å². The SMILES string of the molecule is CC(C)COc1cccc(CN2CC[C@]3(CNSN3c3cccc(F)c3)C[C@@H]2C)c1. The molecule has 0 aliphatic carbocycles. The molecule has 30 heavy (non-hydrogen) atoms. The van der Waals surface area contributed by atoms with E-state index < -0.39 is 0 Å². The van der Waals surface area contributed by atoms with Gasteiger partial charge in [-0.1, -0.05) is 32.0 Å². The predicted octanol–water partition coefficient (Wildman–Crippen LogP) is 5.26. The summed E-state index contributed by atoms with van der Waals surface area (Å²) in [5.41, 5.74) is 2.26. The minimum absolute atomic E-state index is 0.0244. The van der Waals surface area contributed by atoms with Crippen molar-refractivity contribution in [3.05, 3.63) is 59.9 Å². The molecule has 2 aromatic rings. The molecule has 0 amide bonds. The van der Waals surface area contributed by atoms with Crippen LogP contribution in [0.3, 0.4) is 0 Å². The number of hydrogen-bond acceptors (Lipinski definition) is 5. The van der Waals surface area contributed by atoms with Gasteiger partial charge >= 0.3 is 0 Å². The van der Waals surface area contributed by atoms with Gasteiger partial charge in [0.1, 0.15) is 11.6 Å². The first-order valence-electron chi connectivity index (χ1n) is 10.9. The Hall–Kier alpha value is -1.76. The fraction of sp³-hybridized carbons (Fsp3) is 0.500. The maximum Gasteiger partial charge on any atom is 0.125 e. The molecular formula is C24H32FN3OS. The van der Waals surface area contributed by atoms with Crippen LogP contribution in [-0.2, 0) is 6.54 Å². The molecule has 0 bridgehead atoms. The summed E-state index contributed by atoms with van der Waals surface area (Å²) in [6.07, 6.45) is 2.10. The van der Waals surface area contributed by atoms with Crippen molar-refractivity contribution in [2.45, 2.75) is 51.7 Å². The molecule has 2 aromatic carbocycles. The fourth-order valence-corrected chi connectivity index (χ4v) is 5.60. The number of nitrogens with one attached hydrogen (secondary N) is 1. The molecule has 2 heterocycles. The Morgan fingerprint density at radius 2 is 2.07 bits per heavy atom. The lowest BCUT2D eigenvalue weighted by atomic mass is 9.83. The monoisotopic (exact) mass is 429 g/mol. The summed E-state index contributed by atoms with van der Waals surface area (Å²) in [6.45, 7) is 10.3. The van der Waals surface area contributed by atoms with Gasteiger partial charge in [0.15, 0.2) is 0 Å². The molecule has 2 fully saturated rings. The Labute approximate surface area is 184 Å². The summed E-state index contributed by atoms with van der Waals surface area (Å²) in [4.78, 5) is 2.56. The Bertz CT molecular complexity index is 864. The van der Waals surface area contributed by atoms with Crippen LogP contribution < -0.4 is 13.8 Å². The van der Waals surface area contributed by atoms with Gasteiger partial charge in [0.2, 0.25) is 0 Å². The summed E-state index contributed by atoms with van der Waals surface area (Å²) < 4.78 is 25.5. The molecule has 1 N–H and O–H groups in total. The third-order valence-corrected chi connectivity index (χ3v) is 7.12. The molecular weight excluding hydrogens is 397 g/mol. The number of rotatable bonds is 6. The Morgan fingerprint density at radius 3 is 2.83 bits per heavy atom. The lowest BCUT2D eigenvalue weighted by Crippen LogP contribution is -2.56. The van der Waals surface area contributed by atoms with Gasteiger partial charge in [-0.2, -0.15) is 0 Å². The van der Waals surface area contributed by atoms with E-state index in [1.807, 2.05) is 12.1 Å². The van der Waals surface area contributed by atoms with Gasteiger partial charge in [-0.3, -0.25) is 9.21 Å². The molecule has 1 spiro atoms. The Kier molecular flexibility index (Phi) is 6.56. The van der Waals surface area contributed by atoms with E-state index in [9.17, 15) is 4.39 Å². The van der Waals surface area contributed by atoms with E-state index in [1.54, 1.807) is 24.3 Å². The number of benzene rings is 2. The summed E-state index contributed by atoms with van der Waals surface area (Å²) in [5.74, 6) is 1.29. The molecule has 2 atom stereocenters. The van der Waals surface area contributed by atoms with Gasteiger partial charge in [-0.05, 0) is 61.6 Å². The normalized spacial score (nSPS) is 24.7. The molecule has 2 aliphatic rings. The van der Waals surface area contributed by atoms with Crippen molar-refractivity contribution in [1.29, 1.82) is 0 Å². The maximum absolute atomic E-state index is 13.8. The van der Waals surface area contributed by atoms with Gasteiger partial charge < -0.3 is 4.74 Å². The summed E-state index contributed by atoms with van der Waals surface area (Å²) in [6, 6.07) is 15.9. The number of anilines is 1. The summed E-state index contributed by atoms with van der Waals surface area (Å²) in [5, 5.41) is 0. The predicted molar refractivity (Wildman–Crippen MR) is 123 cm³/mol. The molecule has 0 aromatic heterocycles. The van der Waals surface area contributed by atoms with Crippen LogP contribution >= 0.6 is 12.1 Å². The molecule has 0 radical (unpaired) electrons. The van der Waals surface area contributed by atoms with Crippen molar-refractivity contribution in [3.63, 3.8) is 0 Å². The number of piperidine rings is 1. The van der Waals surface area contributed by atoms with Crippen LogP contribution in [0.4, 0.5) is 10.1 Å². The van der Waals surface area contributed by atoms with Crippen LogP contribution in [0.15, 0.2) is 48.5 Å². The molecule has 6 heteroatoms. The third kappa shape index (κ3) is 4.76. The van der Waals surface area contributed by atoms with Crippen LogP contribution in [0, 0.1) is 11.7 Å². The zero-order chi connectivity index (χ0) is 21.1. The highest BCUT2D eigenvalue weighted by Gasteiger charge is 2.46. The van der Waals surface area contributed by atoms with Crippen molar-refractivity contribution < 1.29 is 9.13 Å². The van der Waals surface area contributed by atoms with Crippen LogP contribution in [-0.4, -0.2) is 36.2 Å². The minimum Gasteiger partial charge on any atom is -0.493 e. The quantitative estimate of drug-likeness (QED) is 0.633. The summed E-state index contributed by atoms with van der Waals surface area (Å²) >= 11 is 1.61. The van der Waals surface area contributed by atoms with E-state index in [1.165, 1.54) is 11.6 Å². The van der Waals surface area contributed by atoms with Crippen molar-refractivity contribution in [2.24, 2.45) is 5.92 Å². The first-order chi connectivity index (χ1) is 14.4. The van der Waals surface area contributed by atoms with Crippen LogP contribution in [0.5, 0.6) is 5.75 Å². The molecule has 0 saturated carbocycles. The third-order valence-electron chi connectivity index (χ3n) is 6.06. The maximum atomic E-state index is 13.8. The van der Waals surface area contributed by atoms with Gasteiger partial charge in [0.05, 0.1) is 17.8 Å². The molecule has 4 rings (SSSR count). The molecule has 162 valence electrons. The molecule has 2 aliphatic heterocycles. The zero-order valence-corrected chi connectivity index (χ0v) is 18.9. The fourth-order valence-electron chi connectivity index (χ4n) is 4.49.